The molecule has 1 aromatic carbocycles. The van der Waals surface area contributed by atoms with Crippen molar-refractivity contribution in [2.45, 2.75) is 5.92 Å². The molecule has 1 heterocycles. The third kappa shape index (κ3) is 1.68. The largest absolute Gasteiger partial charge is 0.506 e. The number of aromatic hydroxyl groups is 1. The normalized spacial score (nSPS) is 17.1. The number of hydrogen-bond donors (Lipinski definition) is 2. The zero-order valence-electron chi connectivity index (χ0n) is 6.85. The van der Waals surface area contributed by atoms with Crippen LogP contribution in [0.5, 0.6) is 5.75 Å². The van der Waals surface area contributed by atoms with E-state index in [1.165, 1.54) is 0 Å². The molecular formula is C9H9BrClNO. The Labute approximate surface area is 90.0 Å². The van der Waals surface area contributed by atoms with E-state index < -0.39 is 0 Å². The molecule has 0 unspecified atom stereocenters. The third-order valence-corrected chi connectivity index (χ3v) is 3.10. The lowest BCUT2D eigenvalue weighted by Gasteiger charge is -2.28. The molecule has 0 amide bonds. The summed E-state index contributed by atoms with van der Waals surface area (Å²) >= 11 is 9.15. The first-order valence-corrected chi connectivity index (χ1v) is 5.24. The maximum atomic E-state index is 9.72. The summed E-state index contributed by atoms with van der Waals surface area (Å²) in [6.45, 7) is 1.83. The van der Waals surface area contributed by atoms with Crippen LogP contribution in [0.1, 0.15) is 11.5 Å². The number of hydrogen-bond acceptors (Lipinski definition) is 2. The summed E-state index contributed by atoms with van der Waals surface area (Å²) in [5, 5.41) is 13.5. The average Bonchev–Trinajstić information content (AvgIpc) is 1.95. The minimum absolute atomic E-state index is 0.316. The molecule has 1 aromatic rings. The monoisotopic (exact) mass is 261 g/mol. The quantitative estimate of drug-likeness (QED) is 0.815. The molecule has 1 fully saturated rings. The molecular weight excluding hydrogens is 253 g/mol. The van der Waals surface area contributed by atoms with Gasteiger partial charge in [0.25, 0.3) is 0 Å². The molecule has 13 heavy (non-hydrogen) atoms. The van der Waals surface area contributed by atoms with Crippen LogP contribution in [0.25, 0.3) is 0 Å². The molecule has 70 valence electrons. The van der Waals surface area contributed by atoms with E-state index in [9.17, 15) is 5.11 Å². The molecule has 0 atom stereocenters. The Morgan fingerprint density at radius 1 is 1.46 bits per heavy atom. The summed E-state index contributed by atoms with van der Waals surface area (Å²) in [5.74, 6) is 0.714. The van der Waals surface area contributed by atoms with Crippen molar-refractivity contribution < 1.29 is 5.11 Å². The highest BCUT2D eigenvalue weighted by Gasteiger charge is 2.23. The van der Waals surface area contributed by atoms with Gasteiger partial charge in [0.05, 0.1) is 4.47 Å². The van der Waals surface area contributed by atoms with Gasteiger partial charge >= 0.3 is 0 Å². The summed E-state index contributed by atoms with van der Waals surface area (Å²) in [5.41, 5.74) is 0.929. The van der Waals surface area contributed by atoms with Gasteiger partial charge in [0.15, 0.2) is 0 Å². The second kappa shape index (κ2) is 3.48. The Morgan fingerprint density at radius 2 is 2.15 bits per heavy atom. The minimum atomic E-state index is 0.316. The fourth-order valence-electron chi connectivity index (χ4n) is 1.41. The van der Waals surface area contributed by atoms with Crippen molar-refractivity contribution in [2.75, 3.05) is 13.1 Å². The molecule has 4 heteroatoms. The molecule has 0 aliphatic carbocycles. The van der Waals surface area contributed by atoms with Gasteiger partial charge in [0.1, 0.15) is 5.75 Å². The lowest BCUT2D eigenvalue weighted by molar-refractivity contribution is 0.412. The maximum absolute atomic E-state index is 9.72. The molecule has 0 bridgehead atoms. The second-order valence-electron chi connectivity index (χ2n) is 3.18. The van der Waals surface area contributed by atoms with Gasteiger partial charge < -0.3 is 10.4 Å². The standard InChI is InChI=1S/C9H9BrClNO/c10-8-2-6(11)1-7(9(8)13)5-3-12-4-5/h1-2,5,12-13H,3-4H2. The smallest absolute Gasteiger partial charge is 0.133 e. The molecule has 1 saturated heterocycles. The summed E-state index contributed by atoms with van der Waals surface area (Å²) < 4.78 is 0.668. The highest BCUT2D eigenvalue weighted by molar-refractivity contribution is 9.10. The predicted octanol–water partition coefficient (Wildman–Crippen LogP) is 2.49. The molecule has 2 N–H and O–H groups in total. The first-order chi connectivity index (χ1) is 6.18. The van der Waals surface area contributed by atoms with E-state index in [4.69, 9.17) is 11.6 Å². The van der Waals surface area contributed by atoms with Crippen molar-refractivity contribution in [3.63, 3.8) is 0 Å². The Morgan fingerprint density at radius 3 is 2.69 bits per heavy atom. The lowest BCUT2D eigenvalue weighted by Crippen LogP contribution is -2.39. The van der Waals surface area contributed by atoms with Crippen LogP contribution in [0.4, 0.5) is 0 Å². The number of halogens is 2. The van der Waals surface area contributed by atoms with Crippen molar-refractivity contribution in [1.29, 1.82) is 0 Å². The van der Waals surface area contributed by atoms with E-state index >= 15 is 0 Å². The number of nitrogens with one attached hydrogen (secondary N) is 1. The lowest BCUT2D eigenvalue weighted by atomic mass is 9.93. The zero-order valence-corrected chi connectivity index (χ0v) is 9.19. The predicted molar refractivity (Wildman–Crippen MR) is 56.4 cm³/mol. The molecule has 0 saturated carbocycles. The summed E-state index contributed by atoms with van der Waals surface area (Å²) in [6.07, 6.45) is 0. The van der Waals surface area contributed by atoms with Gasteiger partial charge in [-0.15, -0.1) is 0 Å². The number of phenols is 1. The van der Waals surface area contributed by atoms with Gasteiger partial charge in [-0.2, -0.15) is 0 Å². The van der Waals surface area contributed by atoms with Gasteiger partial charge in [-0.05, 0) is 28.1 Å². The topological polar surface area (TPSA) is 32.3 Å². The van der Waals surface area contributed by atoms with Crippen LogP contribution in [0.3, 0.4) is 0 Å². The molecule has 2 nitrogen and oxygen atoms in total. The number of phenolic OH excluding ortho intramolecular Hbond substituents is 1. The van der Waals surface area contributed by atoms with Crippen LogP contribution < -0.4 is 5.32 Å². The van der Waals surface area contributed by atoms with E-state index in [0.717, 1.165) is 18.7 Å². The Balaban J connectivity index is 2.42. The van der Waals surface area contributed by atoms with Crippen molar-refractivity contribution in [2.24, 2.45) is 0 Å². The highest BCUT2D eigenvalue weighted by atomic mass is 79.9. The number of benzene rings is 1. The molecule has 0 radical (unpaired) electrons. The van der Waals surface area contributed by atoms with Gasteiger partial charge in [-0.1, -0.05) is 11.6 Å². The van der Waals surface area contributed by atoms with Crippen LogP contribution in [0, 0.1) is 0 Å². The fourth-order valence-corrected chi connectivity index (χ4v) is 2.24. The summed E-state index contributed by atoms with van der Waals surface area (Å²) in [4.78, 5) is 0. The third-order valence-electron chi connectivity index (χ3n) is 2.28. The SMILES string of the molecule is Oc1c(Br)cc(Cl)cc1C1CNC1. The molecule has 2 rings (SSSR count). The van der Waals surface area contributed by atoms with Gasteiger partial charge in [-0.25, -0.2) is 0 Å². The minimum Gasteiger partial charge on any atom is -0.506 e. The van der Waals surface area contributed by atoms with Crippen LogP contribution in [0.15, 0.2) is 16.6 Å². The van der Waals surface area contributed by atoms with Gasteiger partial charge in [0.2, 0.25) is 0 Å². The van der Waals surface area contributed by atoms with E-state index in [1.54, 1.807) is 6.07 Å². The van der Waals surface area contributed by atoms with E-state index in [2.05, 4.69) is 21.2 Å². The van der Waals surface area contributed by atoms with E-state index in [-0.39, 0.29) is 0 Å². The van der Waals surface area contributed by atoms with Crippen molar-refractivity contribution in [1.82, 2.24) is 5.32 Å². The molecule has 1 aliphatic heterocycles. The Bertz CT molecular complexity index is 339. The van der Waals surface area contributed by atoms with E-state index in [1.807, 2.05) is 6.07 Å². The Hall–Kier alpha value is -0.250. The van der Waals surface area contributed by atoms with Crippen LogP contribution in [-0.4, -0.2) is 18.2 Å². The molecule has 0 aromatic heterocycles. The van der Waals surface area contributed by atoms with Crippen LogP contribution in [0.2, 0.25) is 5.02 Å². The molecule has 1 aliphatic rings. The first kappa shape index (κ1) is 9.31. The Kier molecular flexibility index (Phi) is 2.49. The fraction of sp³-hybridized carbons (Fsp3) is 0.333. The van der Waals surface area contributed by atoms with Crippen LogP contribution >= 0.6 is 27.5 Å². The second-order valence-corrected chi connectivity index (χ2v) is 4.47. The van der Waals surface area contributed by atoms with Crippen molar-refractivity contribution in [3.05, 3.63) is 27.2 Å². The molecule has 0 spiro atoms. The van der Waals surface area contributed by atoms with Gasteiger partial charge in [0, 0.05) is 29.6 Å². The van der Waals surface area contributed by atoms with Crippen molar-refractivity contribution >= 4 is 27.5 Å². The number of rotatable bonds is 1. The summed E-state index contributed by atoms with van der Waals surface area (Å²) in [6, 6.07) is 3.53. The zero-order chi connectivity index (χ0) is 9.42. The average molecular weight is 263 g/mol. The van der Waals surface area contributed by atoms with Gasteiger partial charge in [-0.3, -0.25) is 0 Å². The van der Waals surface area contributed by atoms with E-state index in [0.29, 0.717) is 21.2 Å². The van der Waals surface area contributed by atoms with Crippen molar-refractivity contribution in [3.8, 4) is 5.75 Å². The maximum Gasteiger partial charge on any atom is 0.133 e. The highest BCUT2D eigenvalue weighted by Crippen LogP contribution is 2.36. The van der Waals surface area contributed by atoms with Crippen LogP contribution in [-0.2, 0) is 0 Å². The summed E-state index contributed by atoms with van der Waals surface area (Å²) in [7, 11) is 0. The first-order valence-electron chi connectivity index (χ1n) is 4.07.